The van der Waals surface area contributed by atoms with Gasteiger partial charge in [0.05, 0.1) is 23.1 Å². The molecule has 0 saturated carbocycles. The monoisotopic (exact) mass is 493 g/mol. The van der Waals surface area contributed by atoms with Gasteiger partial charge in [-0.25, -0.2) is 4.98 Å². The molecule has 36 heavy (non-hydrogen) atoms. The van der Waals surface area contributed by atoms with Gasteiger partial charge in [-0.15, -0.1) is 0 Å². The number of halogens is 3. The van der Waals surface area contributed by atoms with Crippen molar-refractivity contribution in [3.63, 3.8) is 0 Å². The molecule has 6 nitrogen and oxygen atoms in total. The third-order valence-corrected chi connectivity index (χ3v) is 6.41. The first-order valence-corrected chi connectivity index (χ1v) is 11.7. The van der Waals surface area contributed by atoms with E-state index in [1.165, 1.54) is 6.07 Å². The molecule has 0 radical (unpaired) electrons. The van der Waals surface area contributed by atoms with Crippen molar-refractivity contribution in [2.45, 2.75) is 6.18 Å². The van der Waals surface area contributed by atoms with Crippen LogP contribution >= 0.6 is 0 Å². The Morgan fingerprint density at radius 1 is 0.944 bits per heavy atom. The van der Waals surface area contributed by atoms with E-state index in [4.69, 9.17) is 0 Å². The number of aromatic nitrogens is 2. The fourth-order valence-corrected chi connectivity index (χ4v) is 4.32. The quantitative estimate of drug-likeness (QED) is 0.406. The Labute approximate surface area is 206 Å². The number of aromatic amines is 1. The lowest BCUT2D eigenvalue weighted by atomic mass is 10.0. The topological polar surface area (TPSA) is 64.3 Å². The van der Waals surface area contributed by atoms with E-state index >= 15 is 0 Å². The molecule has 0 bridgehead atoms. The molecule has 1 aliphatic heterocycles. The minimum absolute atomic E-state index is 0.0344. The number of H-pyrrole nitrogens is 1. The van der Waals surface area contributed by atoms with Crippen LogP contribution in [0.4, 0.5) is 18.9 Å². The number of carbonyl (C=O) groups is 1. The summed E-state index contributed by atoms with van der Waals surface area (Å²) in [6, 6.07) is 18.7. The van der Waals surface area contributed by atoms with E-state index < -0.39 is 11.7 Å². The molecule has 186 valence electrons. The average Bonchev–Trinajstić information content (AvgIpc) is 3.29. The van der Waals surface area contributed by atoms with E-state index in [0.717, 1.165) is 60.7 Å². The smallest absolute Gasteiger partial charge is 0.338 e. The standard InChI is InChI=1S/C27H26F3N5O/c1-34-11-13-35(14-12-34)17-25(36)31-22-8-5-18(6-9-22)19-3-2-4-20(15-19)26-32-23-10-7-21(27(28,29)30)16-24(23)33-26/h2-10,15-16H,11-14,17H2,1H3,(H,31,36)(H,32,33). The van der Waals surface area contributed by atoms with Gasteiger partial charge in [0.15, 0.2) is 0 Å². The highest BCUT2D eigenvalue weighted by molar-refractivity contribution is 5.92. The number of likely N-dealkylation sites (N-methyl/N-ethyl adjacent to an activating group) is 1. The van der Waals surface area contributed by atoms with Gasteiger partial charge in [-0.1, -0.05) is 30.3 Å². The van der Waals surface area contributed by atoms with Crippen molar-refractivity contribution in [2.24, 2.45) is 0 Å². The van der Waals surface area contributed by atoms with Gasteiger partial charge >= 0.3 is 6.18 Å². The highest BCUT2D eigenvalue weighted by Gasteiger charge is 2.30. The van der Waals surface area contributed by atoms with Gasteiger partial charge in [0.2, 0.25) is 5.91 Å². The number of piperazine rings is 1. The average molecular weight is 494 g/mol. The molecule has 0 unspecified atom stereocenters. The number of hydrogen-bond donors (Lipinski definition) is 2. The lowest BCUT2D eigenvalue weighted by Crippen LogP contribution is -2.47. The SMILES string of the molecule is CN1CCN(CC(=O)Nc2ccc(-c3cccc(-c4nc5ccc(C(F)(F)F)cc5[nH]4)c3)cc2)CC1. The van der Waals surface area contributed by atoms with Crippen molar-refractivity contribution in [3.05, 3.63) is 72.3 Å². The number of benzene rings is 3. The zero-order valence-electron chi connectivity index (χ0n) is 19.8. The fourth-order valence-electron chi connectivity index (χ4n) is 4.32. The van der Waals surface area contributed by atoms with E-state index in [-0.39, 0.29) is 5.91 Å². The van der Waals surface area contributed by atoms with Gasteiger partial charge in [0, 0.05) is 37.4 Å². The molecule has 0 spiro atoms. The second-order valence-electron chi connectivity index (χ2n) is 9.10. The van der Waals surface area contributed by atoms with Crippen LogP contribution in [-0.2, 0) is 11.0 Å². The van der Waals surface area contributed by atoms with Gasteiger partial charge in [-0.3, -0.25) is 9.69 Å². The third kappa shape index (κ3) is 5.42. The van der Waals surface area contributed by atoms with Crippen LogP contribution in [-0.4, -0.2) is 65.4 Å². The van der Waals surface area contributed by atoms with Gasteiger partial charge in [-0.05, 0) is 54.6 Å². The molecule has 1 amide bonds. The molecule has 1 aliphatic rings. The second-order valence-corrected chi connectivity index (χ2v) is 9.10. The largest absolute Gasteiger partial charge is 0.416 e. The Bertz CT molecular complexity index is 1370. The predicted octanol–water partition coefficient (Wildman–Crippen LogP) is 5.10. The summed E-state index contributed by atoms with van der Waals surface area (Å²) in [5, 5.41) is 2.96. The highest BCUT2D eigenvalue weighted by Crippen LogP contribution is 2.32. The number of alkyl halides is 3. The summed E-state index contributed by atoms with van der Waals surface area (Å²) in [6.45, 7) is 4.06. The number of carbonyl (C=O) groups excluding carboxylic acids is 1. The number of fused-ring (bicyclic) bond motifs is 1. The van der Waals surface area contributed by atoms with Gasteiger partial charge in [-0.2, -0.15) is 13.2 Å². The second kappa shape index (κ2) is 9.75. The highest BCUT2D eigenvalue weighted by atomic mass is 19.4. The van der Waals surface area contributed by atoms with Crippen LogP contribution in [0.5, 0.6) is 0 Å². The van der Waals surface area contributed by atoms with E-state index in [2.05, 4.69) is 32.1 Å². The molecular formula is C27H26F3N5O. The first-order valence-electron chi connectivity index (χ1n) is 11.7. The van der Waals surface area contributed by atoms with Crippen LogP contribution in [0.2, 0.25) is 0 Å². The van der Waals surface area contributed by atoms with Crippen LogP contribution in [0, 0.1) is 0 Å². The number of rotatable bonds is 5. The maximum atomic E-state index is 13.0. The summed E-state index contributed by atoms with van der Waals surface area (Å²) in [4.78, 5) is 24.3. The van der Waals surface area contributed by atoms with Gasteiger partial charge < -0.3 is 15.2 Å². The third-order valence-electron chi connectivity index (χ3n) is 6.41. The first-order chi connectivity index (χ1) is 17.2. The van der Waals surface area contributed by atoms with Crippen molar-refractivity contribution < 1.29 is 18.0 Å². The van der Waals surface area contributed by atoms with Crippen molar-refractivity contribution in [2.75, 3.05) is 45.1 Å². The van der Waals surface area contributed by atoms with Crippen LogP contribution in [0.25, 0.3) is 33.5 Å². The van der Waals surface area contributed by atoms with Crippen molar-refractivity contribution in [3.8, 4) is 22.5 Å². The summed E-state index contributed by atoms with van der Waals surface area (Å²) < 4.78 is 39.1. The molecular weight excluding hydrogens is 467 g/mol. The number of imidazole rings is 1. The summed E-state index contributed by atoms with van der Waals surface area (Å²) in [6.07, 6.45) is -4.41. The maximum absolute atomic E-state index is 13.0. The van der Waals surface area contributed by atoms with E-state index in [0.29, 0.717) is 23.4 Å². The molecule has 0 aliphatic carbocycles. The predicted molar refractivity (Wildman–Crippen MR) is 135 cm³/mol. The van der Waals surface area contributed by atoms with Crippen LogP contribution < -0.4 is 5.32 Å². The molecule has 1 fully saturated rings. The number of amides is 1. The van der Waals surface area contributed by atoms with E-state index in [9.17, 15) is 18.0 Å². The Hall–Kier alpha value is -3.69. The van der Waals surface area contributed by atoms with Gasteiger partial charge in [0.1, 0.15) is 5.82 Å². The van der Waals surface area contributed by atoms with E-state index in [1.54, 1.807) is 0 Å². The summed E-state index contributed by atoms with van der Waals surface area (Å²) in [5.41, 5.74) is 3.47. The first kappa shape index (κ1) is 24.0. The minimum Gasteiger partial charge on any atom is -0.338 e. The number of nitrogens with zero attached hydrogens (tertiary/aromatic N) is 3. The van der Waals surface area contributed by atoms with Crippen LogP contribution in [0.3, 0.4) is 0 Å². The fraction of sp³-hybridized carbons (Fsp3) is 0.259. The van der Waals surface area contributed by atoms with Crippen molar-refractivity contribution in [1.29, 1.82) is 0 Å². The number of hydrogen-bond acceptors (Lipinski definition) is 4. The molecule has 2 N–H and O–H groups in total. The molecule has 3 aromatic carbocycles. The zero-order chi connectivity index (χ0) is 25.3. The Morgan fingerprint density at radius 2 is 1.67 bits per heavy atom. The lowest BCUT2D eigenvalue weighted by Gasteiger charge is -2.31. The number of anilines is 1. The summed E-state index contributed by atoms with van der Waals surface area (Å²) in [7, 11) is 2.08. The summed E-state index contributed by atoms with van der Waals surface area (Å²) in [5.74, 6) is 0.465. The molecule has 2 heterocycles. The van der Waals surface area contributed by atoms with Crippen molar-refractivity contribution in [1.82, 2.24) is 19.8 Å². The van der Waals surface area contributed by atoms with Gasteiger partial charge in [0.25, 0.3) is 0 Å². The minimum atomic E-state index is -4.41. The molecule has 5 rings (SSSR count). The van der Waals surface area contributed by atoms with E-state index in [1.807, 2.05) is 48.5 Å². The van der Waals surface area contributed by atoms with Crippen molar-refractivity contribution >= 4 is 22.6 Å². The molecule has 9 heteroatoms. The Balaban J connectivity index is 1.29. The zero-order valence-corrected chi connectivity index (χ0v) is 19.8. The number of nitrogens with one attached hydrogen (secondary N) is 2. The summed E-state index contributed by atoms with van der Waals surface area (Å²) >= 11 is 0. The van der Waals surface area contributed by atoms with Crippen LogP contribution in [0.15, 0.2) is 66.7 Å². The van der Waals surface area contributed by atoms with Crippen LogP contribution in [0.1, 0.15) is 5.56 Å². The molecule has 1 aromatic heterocycles. The molecule has 4 aromatic rings. The Kier molecular flexibility index (Phi) is 6.51. The molecule has 1 saturated heterocycles. The molecule has 0 atom stereocenters. The Morgan fingerprint density at radius 3 is 2.39 bits per heavy atom. The lowest BCUT2D eigenvalue weighted by molar-refractivity contribution is -0.137. The maximum Gasteiger partial charge on any atom is 0.416 e. The normalized spacial score (nSPS) is 15.3.